The van der Waals surface area contributed by atoms with Crippen LogP contribution >= 0.6 is 11.3 Å². The summed E-state index contributed by atoms with van der Waals surface area (Å²) in [4.78, 5) is 21.3. The Labute approximate surface area is 153 Å². The van der Waals surface area contributed by atoms with Crippen LogP contribution in [0, 0.1) is 12.7 Å². The molecule has 0 aliphatic heterocycles. The molecule has 0 saturated heterocycles. The van der Waals surface area contributed by atoms with Gasteiger partial charge in [-0.05, 0) is 49.4 Å². The van der Waals surface area contributed by atoms with Crippen LogP contribution in [0.5, 0.6) is 0 Å². The van der Waals surface area contributed by atoms with E-state index < -0.39 is 0 Å². The monoisotopic (exact) mass is 363 g/mol. The van der Waals surface area contributed by atoms with Crippen molar-refractivity contribution in [3.05, 3.63) is 77.2 Å². The molecule has 0 atom stereocenters. The highest BCUT2D eigenvalue weighted by Crippen LogP contribution is 2.24. The van der Waals surface area contributed by atoms with Crippen molar-refractivity contribution in [3.8, 4) is 10.6 Å². The van der Waals surface area contributed by atoms with Crippen molar-refractivity contribution in [3.63, 3.8) is 0 Å². The number of amides is 1. The molecule has 0 bridgehead atoms. The van der Waals surface area contributed by atoms with E-state index in [9.17, 15) is 9.18 Å². The third kappa shape index (κ3) is 3.19. The van der Waals surface area contributed by atoms with Crippen LogP contribution in [0.25, 0.3) is 21.5 Å². The summed E-state index contributed by atoms with van der Waals surface area (Å²) in [6.45, 7) is 1.78. The lowest BCUT2D eigenvalue weighted by Gasteiger charge is -2.09. The molecule has 0 saturated carbocycles. The molecule has 0 aliphatic carbocycles. The van der Waals surface area contributed by atoms with Crippen LogP contribution in [0.4, 0.5) is 10.1 Å². The number of anilines is 1. The Morgan fingerprint density at radius 1 is 1.12 bits per heavy atom. The van der Waals surface area contributed by atoms with E-state index in [1.807, 2.05) is 29.6 Å². The summed E-state index contributed by atoms with van der Waals surface area (Å²) < 4.78 is 13.5. The van der Waals surface area contributed by atoms with Gasteiger partial charge in [0.05, 0.1) is 11.1 Å². The average molecular weight is 363 g/mol. The maximum absolute atomic E-state index is 13.5. The lowest BCUT2D eigenvalue weighted by molar-refractivity contribution is 0.102. The molecule has 2 heterocycles. The number of halogens is 1. The van der Waals surface area contributed by atoms with E-state index in [0.717, 1.165) is 10.6 Å². The molecule has 4 rings (SSSR count). The highest BCUT2D eigenvalue weighted by atomic mass is 32.1. The first-order valence-electron chi connectivity index (χ1n) is 7.98. The number of pyridine rings is 1. The van der Waals surface area contributed by atoms with E-state index in [2.05, 4.69) is 15.3 Å². The molecule has 0 radical (unpaired) electrons. The van der Waals surface area contributed by atoms with Crippen molar-refractivity contribution >= 4 is 33.8 Å². The van der Waals surface area contributed by atoms with Crippen LogP contribution in [-0.2, 0) is 0 Å². The summed E-state index contributed by atoms with van der Waals surface area (Å²) in [5.74, 6) is -0.631. The van der Waals surface area contributed by atoms with Gasteiger partial charge in [0, 0.05) is 40.0 Å². The van der Waals surface area contributed by atoms with Crippen molar-refractivity contribution in [1.82, 2.24) is 9.97 Å². The minimum atomic E-state index is -0.375. The van der Waals surface area contributed by atoms with Crippen molar-refractivity contribution in [2.45, 2.75) is 6.92 Å². The van der Waals surface area contributed by atoms with Gasteiger partial charge in [-0.3, -0.25) is 9.78 Å². The third-order valence-electron chi connectivity index (χ3n) is 3.97. The Hall–Kier alpha value is -3.12. The van der Waals surface area contributed by atoms with Crippen molar-refractivity contribution in [1.29, 1.82) is 0 Å². The fraction of sp³-hybridized carbons (Fsp3) is 0.0500. The molecule has 2 aromatic heterocycles. The molecule has 4 aromatic rings. The molecule has 26 heavy (non-hydrogen) atoms. The fourth-order valence-corrected chi connectivity index (χ4v) is 3.43. The number of aromatic nitrogens is 2. The lowest BCUT2D eigenvalue weighted by Crippen LogP contribution is -2.13. The molecule has 6 heteroatoms. The third-order valence-corrected chi connectivity index (χ3v) is 4.79. The van der Waals surface area contributed by atoms with E-state index in [0.29, 0.717) is 27.8 Å². The highest BCUT2D eigenvalue weighted by Gasteiger charge is 2.13. The maximum Gasteiger partial charge on any atom is 0.256 e. The number of nitrogens with one attached hydrogen (secondary N) is 1. The number of fused-ring (bicyclic) bond motifs is 1. The number of thiazole rings is 1. The molecular formula is C20H14FN3OS. The molecule has 128 valence electrons. The van der Waals surface area contributed by atoms with Gasteiger partial charge < -0.3 is 5.32 Å². The van der Waals surface area contributed by atoms with Gasteiger partial charge in [-0.15, -0.1) is 11.3 Å². The fourth-order valence-electron chi connectivity index (χ4n) is 2.78. The second kappa shape index (κ2) is 6.65. The topological polar surface area (TPSA) is 54.9 Å². The summed E-state index contributed by atoms with van der Waals surface area (Å²) in [6, 6.07) is 13.5. The molecule has 0 fully saturated rings. The largest absolute Gasteiger partial charge is 0.322 e. The normalized spacial score (nSPS) is 10.8. The molecule has 1 amide bonds. The first-order valence-corrected chi connectivity index (χ1v) is 8.86. The molecule has 4 nitrogen and oxygen atoms in total. The molecule has 0 unspecified atom stereocenters. The number of carbonyl (C=O) groups is 1. The number of hydrogen-bond donors (Lipinski definition) is 1. The van der Waals surface area contributed by atoms with Crippen LogP contribution in [0.15, 0.2) is 60.1 Å². The van der Waals surface area contributed by atoms with Gasteiger partial charge in [-0.2, -0.15) is 0 Å². The minimum absolute atomic E-state index is 0.255. The minimum Gasteiger partial charge on any atom is -0.322 e. The Bertz CT molecular complexity index is 1090. The van der Waals surface area contributed by atoms with Crippen LogP contribution < -0.4 is 5.32 Å². The van der Waals surface area contributed by atoms with Crippen LogP contribution in [-0.4, -0.2) is 15.9 Å². The summed E-state index contributed by atoms with van der Waals surface area (Å²) in [7, 11) is 0. The van der Waals surface area contributed by atoms with Crippen LogP contribution in [0.3, 0.4) is 0 Å². The number of nitrogens with zero attached hydrogens (tertiary/aromatic N) is 2. The number of carbonyl (C=O) groups excluding carboxylic acids is 1. The van der Waals surface area contributed by atoms with Gasteiger partial charge in [-0.25, -0.2) is 9.37 Å². The Kier molecular flexibility index (Phi) is 4.18. The van der Waals surface area contributed by atoms with Crippen molar-refractivity contribution in [2.24, 2.45) is 0 Å². The van der Waals surface area contributed by atoms with E-state index in [4.69, 9.17) is 0 Å². The Balaban J connectivity index is 1.63. The van der Waals surface area contributed by atoms with Crippen molar-refractivity contribution < 1.29 is 9.18 Å². The quantitative estimate of drug-likeness (QED) is 0.554. The summed E-state index contributed by atoms with van der Waals surface area (Å²) >= 11 is 1.56. The summed E-state index contributed by atoms with van der Waals surface area (Å²) in [5, 5.41) is 6.36. The summed E-state index contributed by atoms with van der Waals surface area (Å²) in [6.07, 6.45) is 1.76. The second-order valence-corrected chi connectivity index (χ2v) is 6.74. The number of benzene rings is 2. The van der Waals surface area contributed by atoms with Gasteiger partial charge >= 0.3 is 0 Å². The summed E-state index contributed by atoms with van der Waals surface area (Å²) in [5.41, 5.74) is 3.27. The molecule has 0 spiro atoms. The molecular weight excluding hydrogens is 349 g/mol. The zero-order valence-corrected chi connectivity index (χ0v) is 14.7. The average Bonchev–Trinajstić information content (AvgIpc) is 3.16. The standard InChI is InChI=1S/C20H14FN3OS/c1-12-10-17(16-7-4-14(21)11-18(16)23-12)19(25)24-15-5-2-13(3-6-15)20-22-8-9-26-20/h2-11H,1H3,(H,24,25). The van der Waals surface area contributed by atoms with Crippen LogP contribution in [0.2, 0.25) is 0 Å². The Morgan fingerprint density at radius 2 is 1.92 bits per heavy atom. The number of hydrogen-bond acceptors (Lipinski definition) is 4. The van der Waals surface area contributed by atoms with E-state index in [-0.39, 0.29) is 11.7 Å². The van der Waals surface area contributed by atoms with Crippen molar-refractivity contribution in [2.75, 3.05) is 5.32 Å². The second-order valence-electron chi connectivity index (χ2n) is 5.84. The van der Waals surface area contributed by atoms with E-state index in [1.54, 1.807) is 36.6 Å². The van der Waals surface area contributed by atoms with E-state index in [1.165, 1.54) is 12.1 Å². The first-order chi connectivity index (χ1) is 12.6. The highest BCUT2D eigenvalue weighted by molar-refractivity contribution is 7.13. The van der Waals surface area contributed by atoms with Gasteiger partial charge in [0.15, 0.2) is 0 Å². The first kappa shape index (κ1) is 16.4. The van der Waals surface area contributed by atoms with Gasteiger partial charge in [0.1, 0.15) is 10.8 Å². The maximum atomic E-state index is 13.5. The van der Waals surface area contributed by atoms with Gasteiger partial charge in [-0.1, -0.05) is 0 Å². The SMILES string of the molecule is Cc1cc(C(=O)Nc2ccc(-c3nccs3)cc2)c2ccc(F)cc2n1. The molecule has 2 aromatic carbocycles. The number of aryl methyl sites for hydroxylation is 1. The van der Waals surface area contributed by atoms with Crippen LogP contribution in [0.1, 0.15) is 16.1 Å². The smallest absolute Gasteiger partial charge is 0.256 e. The van der Waals surface area contributed by atoms with E-state index >= 15 is 0 Å². The predicted octanol–water partition coefficient (Wildman–Crippen LogP) is 5.06. The van der Waals surface area contributed by atoms with Gasteiger partial charge in [0.2, 0.25) is 0 Å². The predicted molar refractivity (Wildman–Crippen MR) is 102 cm³/mol. The zero-order chi connectivity index (χ0) is 18.1. The zero-order valence-electron chi connectivity index (χ0n) is 13.9. The van der Waals surface area contributed by atoms with Gasteiger partial charge in [0.25, 0.3) is 5.91 Å². The number of rotatable bonds is 3. The Morgan fingerprint density at radius 3 is 2.65 bits per heavy atom. The molecule has 0 aliphatic rings. The lowest BCUT2D eigenvalue weighted by atomic mass is 10.1. The molecule has 1 N–H and O–H groups in total.